The quantitative estimate of drug-likeness (QED) is 0.275. The second-order valence-corrected chi connectivity index (χ2v) is 11.9. The lowest BCUT2D eigenvalue weighted by Crippen LogP contribution is -2.60. The van der Waals surface area contributed by atoms with Crippen molar-refractivity contribution in [2.45, 2.75) is 71.3 Å². The van der Waals surface area contributed by atoms with Gasteiger partial charge in [-0.1, -0.05) is 57.2 Å². The first-order chi connectivity index (χ1) is 18.4. The molecule has 0 fully saturated rings. The molecule has 1 unspecified atom stereocenters. The molecule has 6 heteroatoms. The number of fused-ring (bicyclic) bond motifs is 2. The lowest BCUT2D eigenvalue weighted by Gasteiger charge is -2.48. The summed E-state index contributed by atoms with van der Waals surface area (Å²) in [7, 11) is 0. The van der Waals surface area contributed by atoms with Crippen LogP contribution in [0.4, 0.5) is 11.4 Å². The van der Waals surface area contributed by atoms with Crippen molar-refractivity contribution < 1.29 is 24.0 Å². The topological polar surface area (TPSA) is 69.9 Å². The van der Waals surface area contributed by atoms with Crippen molar-refractivity contribution in [3.8, 4) is 0 Å². The number of nitrogens with zero attached hydrogens (tertiary/aromatic N) is 2. The molecule has 0 saturated heterocycles. The SMILES string of the molecule is CCC[N+]1=C(C=C2C(=O)C(C3(C)N(CC(=O)OCC)c4ccccc4C3(C)C)=C2O)C(C)(C)c2ccccc21. The second kappa shape index (κ2) is 9.22. The van der Waals surface area contributed by atoms with Gasteiger partial charge in [-0.05, 0) is 39.3 Å². The fourth-order valence-corrected chi connectivity index (χ4v) is 6.81. The third-order valence-electron chi connectivity index (χ3n) is 9.20. The van der Waals surface area contributed by atoms with Gasteiger partial charge in [-0.25, -0.2) is 0 Å². The fourth-order valence-electron chi connectivity index (χ4n) is 6.81. The Bertz CT molecular complexity index is 1480. The molecule has 1 aliphatic carbocycles. The van der Waals surface area contributed by atoms with Crippen LogP contribution in [0.2, 0.25) is 0 Å². The summed E-state index contributed by atoms with van der Waals surface area (Å²) in [5, 5.41) is 11.6. The summed E-state index contributed by atoms with van der Waals surface area (Å²) >= 11 is 0. The van der Waals surface area contributed by atoms with Crippen LogP contribution in [-0.2, 0) is 25.2 Å². The zero-order chi connectivity index (χ0) is 28.3. The highest BCUT2D eigenvalue weighted by atomic mass is 16.5. The molecule has 0 bridgehead atoms. The molecule has 3 aliphatic rings. The number of carbonyl (C=O) groups excluding carboxylic acids is 2. The fraction of sp³-hybridized carbons (Fsp3) is 0.424. The number of Topliss-reactive ketones (excluding diaryl/α,β-unsaturated/α-hetero) is 1. The molecule has 204 valence electrons. The number of para-hydroxylation sites is 2. The van der Waals surface area contributed by atoms with Gasteiger partial charge in [0.15, 0.2) is 11.5 Å². The number of allylic oxidation sites excluding steroid dienone is 2. The Kier molecular flexibility index (Phi) is 6.36. The standard InChI is InChI=1S/C33H38N2O4/c1-8-18-34-24-16-12-10-14-22(24)31(3,4)26(34)19-21-29(37)28(30(21)38)33(7)32(5,6)23-15-11-13-17-25(23)35(33)20-27(36)39-9-2/h10-17,19H,8-9,18,20H2,1-7H3/p+1. The van der Waals surface area contributed by atoms with Gasteiger partial charge in [-0.15, -0.1) is 0 Å². The number of hydrogen-bond acceptors (Lipinski definition) is 5. The monoisotopic (exact) mass is 527 g/mol. The molecule has 0 amide bonds. The molecular weight excluding hydrogens is 488 g/mol. The maximum atomic E-state index is 14.0. The van der Waals surface area contributed by atoms with Gasteiger partial charge in [0, 0.05) is 35.2 Å². The number of esters is 1. The highest BCUT2D eigenvalue weighted by Gasteiger charge is 2.62. The molecule has 1 atom stereocenters. The van der Waals surface area contributed by atoms with E-state index in [4.69, 9.17) is 4.74 Å². The third kappa shape index (κ3) is 3.64. The largest absolute Gasteiger partial charge is 0.507 e. The van der Waals surface area contributed by atoms with Crippen LogP contribution in [-0.4, -0.2) is 52.4 Å². The van der Waals surface area contributed by atoms with Crippen molar-refractivity contribution in [1.29, 1.82) is 0 Å². The molecule has 2 aromatic carbocycles. The Morgan fingerprint density at radius 1 is 1.00 bits per heavy atom. The molecule has 0 aromatic heterocycles. The lowest BCUT2D eigenvalue weighted by atomic mass is 9.62. The summed E-state index contributed by atoms with van der Waals surface area (Å²) in [5.74, 6) is -0.538. The number of aliphatic hydroxyl groups is 1. The van der Waals surface area contributed by atoms with E-state index in [9.17, 15) is 14.7 Å². The minimum atomic E-state index is -0.954. The van der Waals surface area contributed by atoms with Crippen LogP contribution in [0.3, 0.4) is 0 Å². The number of benzene rings is 2. The molecule has 5 rings (SSSR count). The Hall–Kier alpha value is -3.67. The molecule has 0 spiro atoms. The van der Waals surface area contributed by atoms with Gasteiger partial charge in [0.05, 0.1) is 28.7 Å². The molecule has 2 aliphatic heterocycles. The Balaban J connectivity index is 1.64. The minimum absolute atomic E-state index is 0.00736. The number of anilines is 1. The summed E-state index contributed by atoms with van der Waals surface area (Å²) in [5.41, 5.74) is 4.08. The van der Waals surface area contributed by atoms with Crippen molar-refractivity contribution in [3.63, 3.8) is 0 Å². The zero-order valence-electron chi connectivity index (χ0n) is 24.1. The highest BCUT2D eigenvalue weighted by molar-refractivity contribution is 6.24. The van der Waals surface area contributed by atoms with Crippen molar-refractivity contribution in [3.05, 3.63) is 82.6 Å². The van der Waals surface area contributed by atoms with Crippen LogP contribution < -0.4 is 4.90 Å². The van der Waals surface area contributed by atoms with Gasteiger partial charge in [-0.2, -0.15) is 4.58 Å². The summed E-state index contributed by atoms with van der Waals surface area (Å²) < 4.78 is 7.57. The molecule has 2 heterocycles. The number of ketones is 1. The molecule has 6 nitrogen and oxygen atoms in total. The molecule has 0 radical (unpaired) electrons. The molecule has 39 heavy (non-hydrogen) atoms. The van der Waals surface area contributed by atoms with Crippen LogP contribution >= 0.6 is 0 Å². The van der Waals surface area contributed by atoms with E-state index in [2.05, 4.69) is 51.3 Å². The van der Waals surface area contributed by atoms with Crippen molar-refractivity contribution in [1.82, 2.24) is 0 Å². The number of rotatable bonds is 7. The van der Waals surface area contributed by atoms with Crippen LogP contribution in [0, 0.1) is 0 Å². The molecule has 1 N–H and O–H groups in total. The Morgan fingerprint density at radius 2 is 1.64 bits per heavy atom. The van der Waals surface area contributed by atoms with E-state index in [0.717, 1.165) is 35.6 Å². The molecule has 0 saturated carbocycles. The Labute approximate surface area is 231 Å². The zero-order valence-corrected chi connectivity index (χ0v) is 24.1. The summed E-state index contributed by atoms with van der Waals surface area (Å²) in [4.78, 5) is 28.7. The summed E-state index contributed by atoms with van der Waals surface area (Å²) in [6.45, 7) is 15.4. The normalized spacial score (nSPS) is 23.7. The predicted molar refractivity (Wildman–Crippen MR) is 154 cm³/mol. The van der Waals surface area contributed by atoms with Gasteiger partial charge < -0.3 is 14.7 Å². The highest BCUT2D eigenvalue weighted by Crippen LogP contribution is 2.57. The molecule has 2 aromatic rings. The maximum absolute atomic E-state index is 14.0. The smallest absolute Gasteiger partial charge is 0.325 e. The second-order valence-electron chi connectivity index (χ2n) is 11.9. The van der Waals surface area contributed by atoms with Gasteiger partial charge >= 0.3 is 5.97 Å². The number of carbonyl (C=O) groups is 2. The summed E-state index contributed by atoms with van der Waals surface area (Å²) in [6.07, 6.45) is 2.83. The van der Waals surface area contributed by atoms with Crippen LogP contribution in [0.15, 0.2) is 71.5 Å². The van der Waals surface area contributed by atoms with E-state index in [1.165, 1.54) is 5.56 Å². The average Bonchev–Trinajstić information content (AvgIpc) is 3.21. The van der Waals surface area contributed by atoms with Gasteiger partial charge in [-0.3, -0.25) is 9.59 Å². The van der Waals surface area contributed by atoms with E-state index in [1.807, 2.05) is 54.3 Å². The number of ether oxygens (including phenoxy) is 1. The van der Waals surface area contributed by atoms with Crippen molar-refractivity contribution >= 4 is 28.8 Å². The average molecular weight is 528 g/mol. The van der Waals surface area contributed by atoms with E-state index in [0.29, 0.717) is 11.1 Å². The maximum Gasteiger partial charge on any atom is 0.325 e. The molecular formula is C33H39N2O4+. The number of hydrogen-bond donors (Lipinski definition) is 1. The minimum Gasteiger partial charge on any atom is -0.507 e. The van der Waals surface area contributed by atoms with Gasteiger partial charge in [0.2, 0.25) is 5.69 Å². The van der Waals surface area contributed by atoms with Gasteiger partial charge in [0.25, 0.3) is 0 Å². The first kappa shape index (κ1) is 26.9. The first-order valence-electron chi connectivity index (χ1n) is 13.9. The first-order valence-corrected chi connectivity index (χ1v) is 13.9. The third-order valence-corrected chi connectivity index (χ3v) is 9.20. The lowest BCUT2D eigenvalue weighted by molar-refractivity contribution is -0.437. The van der Waals surface area contributed by atoms with Crippen LogP contribution in [0.25, 0.3) is 0 Å². The van der Waals surface area contributed by atoms with E-state index >= 15 is 0 Å². The predicted octanol–water partition coefficient (Wildman–Crippen LogP) is 5.91. The van der Waals surface area contributed by atoms with E-state index in [-0.39, 0.29) is 36.1 Å². The van der Waals surface area contributed by atoms with E-state index in [1.54, 1.807) is 6.92 Å². The van der Waals surface area contributed by atoms with Gasteiger partial charge in [0.1, 0.15) is 18.8 Å². The van der Waals surface area contributed by atoms with Crippen molar-refractivity contribution in [2.24, 2.45) is 0 Å². The van der Waals surface area contributed by atoms with Crippen LogP contribution in [0.5, 0.6) is 0 Å². The number of aliphatic hydroxyl groups excluding tert-OH is 1. The van der Waals surface area contributed by atoms with Crippen molar-refractivity contribution in [2.75, 3.05) is 24.6 Å². The van der Waals surface area contributed by atoms with Crippen LogP contribution in [0.1, 0.15) is 66.0 Å². The Morgan fingerprint density at radius 3 is 2.28 bits per heavy atom. The van der Waals surface area contributed by atoms with E-state index < -0.39 is 11.0 Å². The summed E-state index contributed by atoms with van der Waals surface area (Å²) in [6, 6.07) is 16.2.